The van der Waals surface area contributed by atoms with Crippen molar-refractivity contribution in [1.29, 1.82) is 0 Å². The Bertz CT molecular complexity index is 1200. The summed E-state index contributed by atoms with van der Waals surface area (Å²) in [5, 5.41) is 0. The van der Waals surface area contributed by atoms with Gasteiger partial charge in [0.15, 0.2) is 15.6 Å². The number of rotatable bonds is 7. The van der Waals surface area contributed by atoms with Crippen LogP contribution in [0.25, 0.3) is 0 Å². The third kappa shape index (κ3) is 5.03. The van der Waals surface area contributed by atoms with Gasteiger partial charge in [0, 0.05) is 29.9 Å². The number of Topliss-reactive ketones (excluding diaryl/α,β-unsaturated/α-hetero) is 1. The van der Waals surface area contributed by atoms with Crippen molar-refractivity contribution in [3.63, 3.8) is 0 Å². The molecular formula is C24H27N3O5S2. The maximum atomic E-state index is 13.1. The SMILES string of the molecule is CS(=O)(=O)c1cccc(C(=O)N2CC(=O)C3C2CCN3C(=O)[C@@H](N)CSCc2ccccc2)c1. The number of ketones is 1. The second-order valence-corrected chi connectivity index (χ2v) is 11.7. The smallest absolute Gasteiger partial charge is 0.254 e. The molecule has 0 spiro atoms. The molecule has 2 aromatic rings. The van der Waals surface area contributed by atoms with Crippen LogP contribution in [0.5, 0.6) is 0 Å². The van der Waals surface area contributed by atoms with Gasteiger partial charge in [-0.05, 0) is 30.2 Å². The lowest BCUT2D eigenvalue weighted by molar-refractivity contribution is -0.137. The largest absolute Gasteiger partial charge is 0.329 e. The number of sulfone groups is 1. The van der Waals surface area contributed by atoms with E-state index >= 15 is 0 Å². The Morgan fingerprint density at radius 1 is 1.12 bits per heavy atom. The van der Waals surface area contributed by atoms with Crippen LogP contribution in [-0.2, 0) is 25.2 Å². The summed E-state index contributed by atoms with van der Waals surface area (Å²) < 4.78 is 23.7. The first kappa shape index (κ1) is 24.4. The molecule has 2 saturated heterocycles. The average molecular weight is 502 g/mol. The molecule has 2 heterocycles. The maximum Gasteiger partial charge on any atom is 0.254 e. The molecule has 2 aliphatic rings. The summed E-state index contributed by atoms with van der Waals surface area (Å²) in [5.41, 5.74) is 7.52. The number of nitrogens with two attached hydrogens (primary N) is 1. The van der Waals surface area contributed by atoms with E-state index in [1.165, 1.54) is 34.1 Å². The molecule has 10 heteroatoms. The molecule has 0 aliphatic carbocycles. The Labute approximate surface area is 203 Å². The molecule has 2 amide bonds. The number of thioether (sulfide) groups is 1. The molecule has 2 aromatic carbocycles. The summed E-state index contributed by atoms with van der Waals surface area (Å²) >= 11 is 1.56. The fraction of sp³-hybridized carbons (Fsp3) is 0.375. The molecule has 2 unspecified atom stereocenters. The average Bonchev–Trinajstić information content (AvgIpc) is 3.39. The molecule has 2 N–H and O–H groups in total. The highest BCUT2D eigenvalue weighted by atomic mass is 32.2. The van der Waals surface area contributed by atoms with Crippen molar-refractivity contribution in [2.75, 3.05) is 25.1 Å². The van der Waals surface area contributed by atoms with E-state index in [1.807, 2.05) is 30.3 Å². The van der Waals surface area contributed by atoms with E-state index in [0.29, 0.717) is 18.7 Å². The van der Waals surface area contributed by atoms with E-state index in [2.05, 4.69) is 0 Å². The molecule has 180 valence electrons. The second-order valence-electron chi connectivity index (χ2n) is 8.64. The van der Waals surface area contributed by atoms with Crippen molar-refractivity contribution < 1.29 is 22.8 Å². The summed E-state index contributed by atoms with van der Waals surface area (Å²) in [4.78, 5) is 42.0. The normalized spacial score (nSPS) is 20.9. The fourth-order valence-electron chi connectivity index (χ4n) is 4.53. The minimum absolute atomic E-state index is 0.0441. The highest BCUT2D eigenvalue weighted by Gasteiger charge is 2.51. The zero-order valence-electron chi connectivity index (χ0n) is 18.8. The summed E-state index contributed by atoms with van der Waals surface area (Å²) in [5.74, 6) is 0.268. The van der Waals surface area contributed by atoms with Crippen molar-refractivity contribution in [2.24, 2.45) is 5.73 Å². The Kier molecular flexibility index (Phi) is 7.11. The van der Waals surface area contributed by atoms with Gasteiger partial charge in [-0.25, -0.2) is 8.42 Å². The number of hydrogen-bond acceptors (Lipinski definition) is 7. The van der Waals surface area contributed by atoms with Gasteiger partial charge in [-0.3, -0.25) is 14.4 Å². The van der Waals surface area contributed by atoms with Gasteiger partial charge < -0.3 is 15.5 Å². The van der Waals surface area contributed by atoms with Gasteiger partial charge in [0.05, 0.1) is 23.5 Å². The molecule has 0 aromatic heterocycles. The van der Waals surface area contributed by atoms with Crippen molar-refractivity contribution >= 4 is 39.2 Å². The zero-order chi connectivity index (χ0) is 24.5. The van der Waals surface area contributed by atoms with Crippen LogP contribution in [0, 0.1) is 0 Å². The van der Waals surface area contributed by atoms with Gasteiger partial charge in [-0.15, -0.1) is 0 Å². The molecule has 3 atom stereocenters. The van der Waals surface area contributed by atoms with Crippen LogP contribution in [0.1, 0.15) is 22.3 Å². The first-order chi connectivity index (χ1) is 16.2. The summed E-state index contributed by atoms with van der Waals surface area (Å²) in [6.07, 6.45) is 1.55. The fourth-order valence-corrected chi connectivity index (χ4v) is 6.14. The molecule has 8 nitrogen and oxygen atoms in total. The van der Waals surface area contributed by atoms with E-state index in [4.69, 9.17) is 5.73 Å². The van der Waals surface area contributed by atoms with Gasteiger partial charge in [0.25, 0.3) is 5.91 Å². The van der Waals surface area contributed by atoms with Crippen LogP contribution in [0.2, 0.25) is 0 Å². The minimum atomic E-state index is -3.47. The molecule has 0 radical (unpaired) electrons. The molecule has 4 rings (SSSR count). The van der Waals surface area contributed by atoms with Crippen molar-refractivity contribution in [1.82, 2.24) is 9.80 Å². The zero-order valence-corrected chi connectivity index (χ0v) is 20.4. The van der Waals surface area contributed by atoms with Crippen molar-refractivity contribution in [2.45, 2.75) is 35.2 Å². The molecule has 2 fully saturated rings. The van der Waals surface area contributed by atoms with E-state index in [9.17, 15) is 22.8 Å². The topological polar surface area (TPSA) is 118 Å². The van der Waals surface area contributed by atoms with Crippen molar-refractivity contribution in [3.05, 3.63) is 65.7 Å². The third-order valence-corrected chi connectivity index (χ3v) is 8.44. The number of benzene rings is 2. The van der Waals surface area contributed by atoms with E-state index in [0.717, 1.165) is 17.6 Å². The number of nitrogens with zero attached hydrogens (tertiary/aromatic N) is 2. The third-order valence-electron chi connectivity index (χ3n) is 6.20. The lowest BCUT2D eigenvalue weighted by atomic mass is 10.1. The van der Waals surface area contributed by atoms with Crippen LogP contribution in [0.15, 0.2) is 59.5 Å². The lowest BCUT2D eigenvalue weighted by Crippen LogP contribution is -2.50. The van der Waals surface area contributed by atoms with E-state index in [-0.39, 0.29) is 28.7 Å². The predicted octanol–water partition coefficient (Wildman–Crippen LogP) is 1.35. The van der Waals surface area contributed by atoms with Crippen molar-refractivity contribution in [3.8, 4) is 0 Å². The van der Waals surface area contributed by atoms with Gasteiger partial charge in [0.2, 0.25) is 5.91 Å². The molecular weight excluding hydrogens is 474 g/mol. The van der Waals surface area contributed by atoms with Gasteiger partial charge >= 0.3 is 0 Å². The Morgan fingerprint density at radius 3 is 2.56 bits per heavy atom. The number of amides is 2. The molecule has 0 saturated carbocycles. The summed E-state index contributed by atoms with van der Waals surface area (Å²) in [6.45, 7) is 0.239. The quantitative estimate of drug-likeness (QED) is 0.608. The van der Waals surface area contributed by atoms with Gasteiger partial charge in [-0.2, -0.15) is 11.8 Å². The number of carbonyl (C=O) groups is 3. The van der Waals surface area contributed by atoms with Gasteiger partial charge in [-0.1, -0.05) is 36.4 Å². The van der Waals surface area contributed by atoms with Crippen LogP contribution in [-0.4, -0.2) is 79.0 Å². The maximum absolute atomic E-state index is 13.1. The standard InChI is InChI=1S/C24H27N3O5S2/c1-34(31,32)18-9-5-8-17(12-18)23(29)27-13-21(28)22-20(27)10-11-26(22)24(30)19(25)15-33-14-16-6-3-2-4-7-16/h2-9,12,19-20,22H,10-11,13-15,25H2,1H3/t19-,20?,22?/m0/s1. The number of likely N-dealkylation sites (tertiary alicyclic amines) is 2. The minimum Gasteiger partial charge on any atom is -0.329 e. The van der Waals surface area contributed by atoms with Crippen LogP contribution in [0.4, 0.5) is 0 Å². The molecule has 2 aliphatic heterocycles. The highest BCUT2D eigenvalue weighted by Crippen LogP contribution is 2.31. The Morgan fingerprint density at radius 2 is 1.85 bits per heavy atom. The number of hydrogen-bond donors (Lipinski definition) is 1. The van der Waals surface area contributed by atoms with E-state index in [1.54, 1.807) is 11.8 Å². The van der Waals surface area contributed by atoms with Crippen LogP contribution < -0.4 is 5.73 Å². The highest BCUT2D eigenvalue weighted by molar-refractivity contribution is 7.98. The van der Waals surface area contributed by atoms with E-state index < -0.39 is 33.9 Å². The Balaban J connectivity index is 1.41. The number of fused-ring (bicyclic) bond motifs is 1. The van der Waals surface area contributed by atoms with Gasteiger partial charge in [0.1, 0.15) is 6.04 Å². The lowest BCUT2D eigenvalue weighted by Gasteiger charge is -2.26. The molecule has 0 bridgehead atoms. The summed E-state index contributed by atoms with van der Waals surface area (Å²) in [6, 6.07) is 13.8. The number of carbonyl (C=O) groups excluding carboxylic acids is 3. The Hall–Kier alpha value is -2.69. The van der Waals surface area contributed by atoms with Crippen LogP contribution in [0.3, 0.4) is 0 Å². The second kappa shape index (κ2) is 9.89. The molecule has 34 heavy (non-hydrogen) atoms. The summed E-state index contributed by atoms with van der Waals surface area (Å²) in [7, 11) is -3.47. The van der Waals surface area contributed by atoms with Crippen LogP contribution >= 0.6 is 11.8 Å². The monoisotopic (exact) mass is 501 g/mol. The first-order valence-corrected chi connectivity index (χ1v) is 14.0. The predicted molar refractivity (Wildman–Crippen MR) is 130 cm³/mol. The first-order valence-electron chi connectivity index (χ1n) is 11.0.